The highest BCUT2D eigenvalue weighted by Gasteiger charge is 2.19. The maximum atomic E-state index is 11.9. The van der Waals surface area contributed by atoms with Crippen LogP contribution in [-0.4, -0.2) is 23.5 Å². The molecule has 0 aliphatic heterocycles. The van der Waals surface area contributed by atoms with Crippen molar-refractivity contribution in [2.45, 2.75) is 46.2 Å². The zero-order valence-corrected chi connectivity index (χ0v) is 12.4. The van der Waals surface area contributed by atoms with Crippen molar-refractivity contribution in [1.29, 1.82) is 0 Å². The second-order valence-electron chi connectivity index (χ2n) is 4.86. The van der Waals surface area contributed by atoms with E-state index in [0.717, 1.165) is 18.0 Å². The summed E-state index contributed by atoms with van der Waals surface area (Å²) in [7, 11) is 0. The van der Waals surface area contributed by atoms with E-state index in [2.05, 4.69) is 36.4 Å². The topological polar surface area (TPSA) is 54.0 Å². The lowest BCUT2D eigenvalue weighted by Gasteiger charge is -2.20. The van der Waals surface area contributed by atoms with E-state index >= 15 is 0 Å². The fourth-order valence-corrected chi connectivity index (χ4v) is 2.39. The van der Waals surface area contributed by atoms with Gasteiger partial charge in [0.25, 0.3) is 0 Å². The molecule has 0 aliphatic rings. The van der Waals surface area contributed by atoms with E-state index in [1.807, 2.05) is 12.3 Å². The molecule has 0 aliphatic carbocycles. The molecule has 18 heavy (non-hydrogen) atoms. The van der Waals surface area contributed by atoms with Crippen LogP contribution in [0.3, 0.4) is 0 Å². The molecule has 102 valence electrons. The van der Waals surface area contributed by atoms with E-state index in [1.54, 1.807) is 17.5 Å². The number of nitrogens with one attached hydrogen (secondary N) is 2. The average molecular weight is 269 g/mol. The number of rotatable bonds is 7. The van der Waals surface area contributed by atoms with Crippen LogP contribution in [0.4, 0.5) is 0 Å². The Kier molecular flexibility index (Phi) is 6.29. The van der Waals surface area contributed by atoms with Gasteiger partial charge >= 0.3 is 0 Å². The molecular formula is C13H23N3OS. The molecule has 1 heterocycles. The number of hydrogen-bond acceptors (Lipinski definition) is 4. The highest BCUT2D eigenvalue weighted by Crippen LogP contribution is 2.19. The molecule has 2 N–H and O–H groups in total. The summed E-state index contributed by atoms with van der Waals surface area (Å²) in [4.78, 5) is 16.2. The summed E-state index contributed by atoms with van der Waals surface area (Å²) < 4.78 is 0. The summed E-state index contributed by atoms with van der Waals surface area (Å²) in [5.41, 5.74) is 0. The molecule has 1 aromatic heterocycles. The summed E-state index contributed by atoms with van der Waals surface area (Å²) in [6.07, 6.45) is 2.73. The van der Waals surface area contributed by atoms with Crippen LogP contribution in [0.2, 0.25) is 0 Å². The quantitative estimate of drug-likeness (QED) is 0.799. The van der Waals surface area contributed by atoms with Crippen molar-refractivity contribution in [2.24, 2.45) is 5.92 Å². The monoisotopic (exact) mass is 269 g/mol. The maximum Gasteiger partial charge on any atom is 0.236 e. The molecule has 1 aromatic rings. The number of aromatic nitrogens is 1. The predicted molar refractivity (Wildman–Crippen MR) is 75.6 cm³/mol. The van der Waals surface area contributed by atoms with Crippen LogP contribution >= 0.6 is 11.3 Å². The number of hydrogen-bond donors (Lipinski definition) is 2. The van der Waals surface area contributed by atoms with E-state index in [4.69, 9.17) is 0 Å². The molecule has 2 atom stereocenters. The molecule has 1 rings (SSSR count). The highest BCUT2D eigenvalue weighted by atomic mass is 32.1. The maximum absolute atomic E-state index is 11.9. The normalized spacial score (nSPS) is 14.5. The Morgan fingerprint density at radius 2 is 2.17 bits per heavy atom. The van der Waals surface area contributed by atoms with E-state index in [9.17, 15) is 4.79 Å². The van der Waals surface area contributed by atoms with Crippen LogP contribution in [0.1, 0.15) is 45.2 Å². The summed E-state index contributed by atoms with van der Waals surface area (Å²) >= 11 is 1.62. The van der Waals surface area contributed by atoms with Crippen molar-refractivity contribution < 1.29 is 4.79 Å². The molecule has 0 aromatic carbocycles. The van der Waals surface area contributed by atoms with Crippen LogP contribution in [0.15, 0.2) is 11.6 Å². The largest absolute Gasteiger partial charge is 0.354 e. The first kappa shape index (κ1) is 15.1. The van der Waals surface area contributed by atoms with Crippen molar-refractivity contribution in [3.8, 4) is 0 Å². The van der Waals surface area contributed by atoms with Crippen molar-refractivity contribution in [2.75, 3.05) is 6.54 Å². The number of nitrogens with zero attached hydrogens (tertiary/aromatic N) is 1. The van der Waals surface area contributed by atoms with Gasteiger partial charge in [-0.15, -0.1) is 11.3 Å². The van der Waals surface area contributed by atoms with Gasteiger partial charge in [-0.3, -0.25) is 10.1 Å². The number of carbonyl (C=O) groups is 1. The zero-order chi connectivity index (χ0) is 13.5. The van der Waals surface area contributed by atoms with Crippen LogP contribution < -0.4 is 10.6 Å². The second kappa shape index (κ2) is 7.48. The molecule has 0 bridgehead atoms. The van der Waals surface area contributed by atoms with Crippen molar-refractivity contribution >= 4 is 17.2 Å². The molecule has 0 saturated carbocycles. The van der Waals surface area contributed by atoms with E-state index in [0.29, 0.717) is 5.92 Å². The molecule has 0 saturated heterocycles. The number of amides is 1. The van der Waals surface area contributed by atoms with Crippen molar-refractivity contribution in [3.63, 3.8) is 0 Å². The van der Waals surface area contributed by atoms with Gasteiger partial charge in [-0.2, -0.15) is 0 Å². The lowest BCUT2D eigenvalue weighted by molar-refractivity contribution is -0.123. The predicted octanol–water partition coefficient (Wildman–Crippen LogP) is 2.34. The SMILES string of the molecule is CCC(NC(C)C(=O)NCC(C)C)c1nccs1. The minimum atomic E-state index is -0.197. The molecule has 0 radical (unpaired) electrons. The molecule has 0 spiro atoms. The molecule has 0 fully saturated rings. The van der Waals surface area contributed by atoms with Gasteiger partial charge in [0.2, 0.25) is 5.91 Å². The van der Waals surface area contributed by atoms with Gasteiger partial charge in [0.05, 0.1) is 12.1 Å². The zero-order valence-electron chi connectivity index (χ0n) is 11.6. The van der Waals surface area contributed by atoms with Gasteiger partial charge in [0, 0.05) is 18.1 Å². The Labute approximate surface area is 113 Å². The first-order valence-corrected chi connectivity index (χ1v) is 7.35. The lowest BCUT2D eigenvalue weighted by atomic mass is 10.2. The average Bonchev–Trinajstić information content (AvgIpc) is 2.86. The van der Waals surface area contributed by atoms with Gasteiger partial charge in [-0.1, -0.05) is 20.8 Å². The minimum Gasteiger partial charge on any atom is -0.354 e. The summed E-state index contributed by atoms with van der Waals surface area (Å²) in [5, 5.41) is 9.27. The number of carbonyl (C=O) groups excluding carboxylic acids is 1. The third kappa shape index (κ3) is 4.74. The standard InChI is InChI=1S/C13H23N3OS/c1-5-11(13-14-6-7-18-13)16-10(4)12(17)15-8-9(2)3/h6-7,9-11,16H,5,8H2,1-4H3,(H,15,17). The van der Waals surface area contributed by atoms with Crippen LogP contribution in [0.25, 0.3) is 0 Å². The van der Waals surface area contributed by atoms with E-state index in [1.165, 1.54) is 0 Å². The summed E-state index contributed by atoms with van der Waals surface area (Å²) in [6, 6.07) is -0.0394. The Balaban J connectivity index is 2.47. The molecule has 5 heteroatoms. The molecular weight excluding hydrogens is 246 g/mol. The summed E-state index contributed by atoms with van der Waals surface area (Å²) in [5.74, 6) is 0.529. The number of thiazole rings is 1. The highest BCUT2D eigenvalue weighted by molar-refractivity contribution is 7.09. The molecule has 2 unspecified atom stereocenters. The third-order valence-corrected chi connectivity index (χ3v) is 3.58. The van der Waals surface area contributed by atoms with Crippen LogP contribution in [-0.2, 0) is 4.79 Å². The Morgan fingerprint density at radius 1 is 1.44 bits per heavy atom. The lowest BCUT2D eigenvalue weighted by Crippen LogP contribution is -2.44. The molecule has 4 nitrogen and oxygen atoms in total. The Bertz CT molecular complexity index is 351. The smallest absolute Gasteiger partial charge is 0.236 e. The van der Waals surface area contributed by atoms with E-state index in [-0.39, 0.29) is 18.0 Å². The summed E-state index contributed by atoms with van der Waals surface area (Å²) in [6.45, 7) is 8.88. The van der Waals surface area contributed by atoms with Gasteiger partial charge in [0.15, 0.2) is 0 Å². The second-order valence-corrected chi connectivity index (χ2v) is 5.78. The minimum absolute atomic E-state index is 0.0544. The van der Waals surface area contributed by atoms with E-state index < -0.39 is 0 Å². The Hall–Kier alpha value is -0.940. The third-order valence-electron chi connectivity index (χ3n) is 2.69. The van der Waals surface area contributed by atoms with Crippen molar-refractivity contribution in [3.05, 3.63) is 16.6 Å². The first-order valence-electron chi connectivity index (χ1n) is 6.47. The fourth-order valence-electron chi connectivity index (χ4n) is 1.61. The Morgan fingerprint density at radius 3 is 2.67 bits per heavy atom. The molecule has 1 amide bonds. The van der Waals surface area contributed by atoms with Crippen LogP contribution in [0.5, 0.6) is 0 Å². The van der Waals surface area contributed by atoms with Crippen LogP contribution in [0, 0.1) is 5.92 Å². The van der Waals surface area contributed by atoms with Crippen molar-refractivity contribution in [1.82, 2.24) is 15.6 Å². The van der Waals surface area contributed by atoms with Gasteiger partial charge in [0.1, 0.15) is 5.01 Å². The first-order chi connectivity index (χ1) is 8.54. The fraction of sp³-hybridized carbons (Fsp3) is 0.692. The van der Waals surface area contributed by atoms with Gasteiger partial charge < -0.3 is 5.32 Å². The van der Waals surface area contributed by atoms with Gasteiger partial charge in [-0.25, -0.2) is 4.98 Å². The van der Waals surface area contributed by atoms with Gasteiger partial charge in [-0.05, 0) is 19.3 Å².